The van der Waals surface area contributed by atoms with Gasteiger partial charge < -0.3 is 18.9 Å². The molecule has 360 valence electrons. The van der Waals surface area contributed by atoms with Gasteiger partial charge in [0.15, 0.2) is 93.1 Å². The zero-order valence-corrected chi connectivity index (χ0v) is 32.0. The minimum atomic E-state index is -3.54. The van der Waals surface area contributed by atoms with Crippen molar-refractivity contribution in [3.05, 3.63) is 157 Å². The molecule has 69 heavy (non-hydrogen) atoms. The van der Waals surface area contributed by atoms with E-state index in [0.29, 0.717) is 0 Å². The van der Waals surface area contributed by atoms with E-state index in [9.17, 15) is 89.4 Å². The molecule has 0 bridgehead atoms. The molecule has 0 amide bonds. The van der Waals surface area contributed by atoms with Gasteiger partial charge >= 0.3 is 23.9 Å². The topological polar surface area (TPSA) is 300 Å². The highest BCUT2D eigenvalue weighted by atomic mass is 19.2. The van der Waals surface area contributed by atoms with Crippen LogP contribution in [-0.2, 0) is 18.9 Å². The van der Waals surface area contributed by atoms with Crippen molar-refractivity contribution >= 4 is 46.6 Å². The predicted molar refractivity (Wildman–Crippen MR) is 184 cm³/mol. The average Bonchev–Trinajstić information content (AvgIpc) is 3.31. The number of carbonyl (C=O) groups excluding carboxylic acids is 4. The lowest BCUT2D eigenvalue weighted by molar-refractivity contribution is -0.0649. The molecule has 4 aromatic carbocycles. The van der Waals surface area contributed by atoms with Crippen LogP contribution in [0.25, 0.3) is 41.8 Å². The number of nitrogens with zero attached hydrogens (tertiary/aromatic N) is 12. The summed E-state index contributed by atoms with van der Waals surface area (Å²) >= 11 is 0. The third-order valence-corrected chi connectivity index (χ3v) is 8.39. The second kappa shape index (κ2) is 21.0. The van der Waals surface area contributed by atoms with Gasteiger partial charge in [-0.2, -0.15) is 0 Å². The fourth-order valence-corrected chi connectivity index (χ4v) is 5.14. The van der Waals surface area contributed by atoms with Gasteiger partial charge in [0.05, 0.1) is 0 Å². The van der Waals surface area contributed by atoms with Gasteiger partial charge in [-0.3, -0.25) is 0 Å². The molecule has 0 aromatic heterocycles. The van der Waals surface area contributed by atoms with Crippen LogP contribution in [0, 0.1) is 98.5 Å². The lowest BCUT2D eigenvalue weighted by atomic mass is 9.91. The largest absolute Gasteiger partial charge is 0.461 e. The summed E-state index contributed by atoms with van der Waals surface area (Å²) in [5, 5.41) is 9.24. The smallest absolute Gasteiger partial charge is 0.344 e. The Bertz CT molecular complexity index is 2590. The van der Waals surface area contributed by atoms with E-state index in [4.69, 9.17) is 22.1 Å². The predicted octanol–water partition coefficient (Wildman–Crippen LogP) is 11.4. The van der Waals surface area contributed by atoms with Crippen LogP contribution >= 0.6 is 0 Å². The molecule has 20 nitrogen and oxygen atoms in total. The number of rotatable bonds is 16. The van der Waals surface area contributed by atoms with Gasteiger partial charge in [0.25, 0.3) is 0 Å². The maximum Gasteiger partial charge on any atom is 0.344 e. The molecule has 0 unspecified atom stereocenters. The molecular formula is C33H8F16N12O8. The zero-order valence-electron chi connectivity index (χ0n) is 32.0. The van der Waals surface area contributed by atoms with Gasteiger partial charge in [-0.1, -0.05) is 20.5 Å². The first-order valence-corrected chi connectivity index (χ1v) is 16.7. The third-order valence-electron chi connectivity index (χ3n) is 8.39. The van der Waals surface area contributed by atoms with Gasteiger partial charge in [-0.05, 0) is 22.1 Å². The van der Waals surface area contributed by atoms with Crippen molar-refractivity contribution in [1.29, 1.82) is 0 Å². The van der Waals surface area contributed by atoms with E-state index in [1.807, 2.05) is 19.6 Å². The van der Waals surface area contributed by atoms with Crippen LogP contribution in [0.4, 0.5) is 93.0 Å². The summed E-state index contributed by atoms with van der Waals surface area (Å²) < 4.78 is 254. The molecule has 0 aliphatic rings. The summed E-state index contributed by atoms with van der Waals surface area (Å²) in [6.07, 6.45) is 0. The second-order valence-electron chi connectivity index (χ2n) is 12.5. The molecule has 0 radical (unpaired) electrons. The fourth-order valence-electron chi connectivity index (χ4n) is 5.14. The molecule has 0 heterocycles. The van der Waals surface area contributed by atoms with Crippen molar-refractivity contribution in [3.8, 4) is 0 Å². The fraction of sp³-hybridized carbons (Fsp3) is 0.152. The standard InChI is InChI=1S/C33H8F16N12O8/c34-9-5(10(35)18(43)25(17(9)42)54-58-50)29(62)66-1-33(2-67-30(63)6-11(36)19(44)26(55-59-51)20(45)12(6)37,3-68-31(64)7-13(38)21(46)27(56-60-52)22(47)14(7)39)4-69-32(65)8-15(40)23(48)28(57-61-53)24(49)16(8)41/h1-4H2. The Balaban J connectivity index is 1.96. The van der Waals surface area contributed by atoms with Crippen LogP contribution in [0.1, 0.15) is 41.4 Å². The van der Waals surface area contributed by atoms with E-state index in [1.54, 1.807) is 0 Å². The highest BCUT2D eigenvalue weighted by Crippen LogP contribution is 2.36. The molecule has 0 N–H and O–H groups in total. The van der Waals surface area contributed by atoms with Gasteiger partial charge in [0.2, 0.25) is 0 Å². The number of benzene rings is 4. The first kappa shape index (κ1) is 52.5. The van der Waals surface area contributed by atoms with Crippen molar-refractivity contribution in [2.24, 2.45) is 25.9 Å². The highest BCUT2D eigenvalue weighted by Gasteiger charge is 2.43. The molecule has 4 aromatic rings. The second-order valence-corrected chi connectivity index (χ2v) is 12.5. The summed E-state index contributed by atoms with van der Waals surface area (Å²) in [5.41, 5.74) is 12.2. The minimum Gasteiger partial charge on any atom is -0.461 e. The van der Waals surface area contributed by atoms with E-state index < -0.39 is 194 Å². The monoisotopic (exact) mass is 1000 g/mol. The Labute approximate surface area is 364 Å². The molecule has 0 aliphatic carbocycles. The van der Waals surface area contributed by atoms with Crippen molar-refractivity contribution in [1.82, 2.24) is 0 Å². The molecule has 0 spiro atoms. The van der Waals surface area contributed by atoms with Crippen LogP contribution < -0.4 is 0 Å². The minimum absolute atomic E-state index is 1.87. The van der Waals surface area contributed by atoms with Gasteiger partial charge in [-0.15, -0.1) is 0 Å². The van der Waals surface area contributed by atoms with E-state index in [2.05, 4.69) is 39.4 Å². The summed E-state index contributed by atoms with van der Waals surface area (Å²) in [6.45, 7) is -8.90. The zero-order chi connectivity index (χ0) is 52.0. The molecule has 36 heteroatoms. The Morgan fingerprint density at radius 3 is 0.594 bits per heavy atom. The van der Waals surface area contributed by atoms with Crippen molar-refractivity contribution < 1.29 is 108 Å². The number of ether oxygens (including phenoxy) is 4. The number of azide groups is 4. The van der Waals surface area contributed by atoms with Gasteiger partial charge in [-0.25, -0.2) is 89.4 Å². The Kier molecular flexibility index (Phi) is 16.0. The van der Waals surface area contributed by atoms with E-state index >= 15 is 0 Å². The molecule has 0 saturated carbocycles. The highest BCUT2D eigenvalue weighted by molar-refractivity contribution is 5.93. The number of carbonyl (C=O) groups is 4. The number of hydrogen-bond donors (Lipinski definition) is 0. The Morgan fingerprint density at radius 2 is 0.464 bits per heavy atom. The summed E-state index contributed by atoms with van der Waals surface area (Å²) in [7, 11) is 0. The number of hydrogen-bond acceptors (Lipinski definition) is 12. The number of halogens is 16. The molecule has 0 aliphatic heterocycles. The van der Waals surface area contributed by atoms with E-state index in [-0.39, 0.29) is 0 Å². The maximum absolute atomic E-state index is 14.9. The van der Waals surface area contributed by atoms with Crippen molar-refractivity contribution in [3.63, 3.8) is 0 Å². The van der Waals surface area contributed by atoms with Crippen LogP contribution in [0.2, 0.25) is 0 Å². The van der Waals surface area contributed by atoms with Crippen LogP contribution in [0.3, 0.4) is 0 Å². The quantitative estimate of drug-likeness (QED) is 0.0197. The average molecular weight is 1000 g/mol. The normalized spacial score (nSPS) is 11.5. The summed E-state index contributed by atoms with van der Waals surface area (Å²) in [5.74, 6) is -54.1. The molecule has 0 saturated heterocycles. The Hall–Kier alpha value is -9.12. The lowest BCUT2D eigenvalue weighted by Gasteiger charge is -2.31. The molecule has 0 fully saturated rings. The van der Waals surface area contributed by atoms with E-state index in [1.165, 1.54) is 0 Å². The summed E-state index contributed by atoms with van der Waals surface area (Å²) in [4.78, 5) is 59.6. The molecular weight excluding hydrogens is 996 g/mol. The lowest BCUT2D eigenvalue weighted by Crippen LogP contribution is -2.44. The maximum atomic E-state index is 14.9. The Morgan fingerprint density at radius 1 is 0.319 bits per heavy atom. The van der Waals surface area contributed by atoms with E-state index in [0.717, 1.165) is 0 Å². The number of esters is 4. The van der Waals surface area contributed by atoms with Crippen LogP contribution in [0.5, 0.6) is 0 Å². The van der Waals surface area contributed by atoms with Gasteiger partial charge in [0.1, 0.15) is 76.8 Å². The van der Waals surface area contributed by atoms with Gasteiger partial charge in [0, 0.05) is 19.6 Å². The summed E-state index contributed by atoms with van der Waals surface area (Å²) in [6, 6.07) is 0. The van der Waals surface area contributed by atoms with Crippen LogP contribution in [0.15, 0.2) is 20.5 Å². The first-order valence-electron chi connectivity index (χ1n) is 16.7. The SMILES string of the molecule is [N-]=[N+]=Nc1c(F)c(F)c(C(=O)OCC(COC(=O)c2c(F)c(F)c(N=[N+]=[N-])c(F)c2F)(COC(=O)c2c(F)c(F)c(N=[N+]=[N-])c(F)c2F)COC(=O)c2c(F)c(F)c(N=[N+]=[N-])c(F)c2F)c(F)c1F. The van der Waals surface area contributed by atoms with Crippen molar-refractivity contribution in [2.75, 3.05) is 26.4 Å². The molecule has 0 atom stereocenters. The van der Waals surface area contributed by atoms with Crippen molar-refractivity contribution in [2.45, 2.75) is 0 Å². The third kappa shape index (κ3) is 9.88. The first-order chi connectivity index (χ1) is 32.4. The van der Waals surface area contributed by atoms with Crippen LogP contribution in [-0.4, -0.2) is 50.3 Å². The molecule has 4 rings (SSSR count).